The number of rotatable bonds is 5. The van der Waals surface area contributed by atoms with Gasteiger partial charge in [0.15, 0.2) is 0 Å². The van der Waals surface area contributed by atoms with E-state index in [1.54, 1.807) is 4.68 Å². The zero-order valence-corrected chi connectivity index (χ0v) is 11.3. The Morgan fingerprint density at radius 2 is 2.41 bits per heavy atom. The van der Waals surface area contributed by atoms with Crippen LogP contribution in [-0.2, 0) is 18.3 Å². The molecular formula is C12H20ClN3O. The summed E-state index contributed by atoms with van der Waals surface area (Å²) in [5.74, 6) is 0. The van der Waals surface area contributed by atoms with Crippen molar-refractivity contribution >= 4 is 11.6 Å². The zero-order chi connectivity index (χ0) is 12.3. The maximum absolute atomic E-state index is 6.16. The largest absolute Gasteiger partial charge is 0.378 e. The molecule has 2 rings (SSSR count). The minimum absolute atomic E-state index is 0.452. The van der Waals surface area contributed by atoms with Gasteiger partial charge in [0.25, 0.3) is 0 Å². The number of ether oxygens (including phenoxy) is 1. The van der Waals surface area contributed by atoms with Gasteiger partial charge in [-0.3, -0.25) is 4.68 Å². The Hall–Kier alpha value is -0.580. The zero-order valence-electron chi connectivity index (χ0n) is 10.5. The first-order valence-corrected chi connectivity index (χ1v) is 6.56. The number of hydrogen-bond donors (Lipinski definition) is 1. The quantitative estimate of drug-likeness (QED) is 0.821. The number of nitrogens with zero attached hydrogens (tertiary/aromatic N) is 2. The molecule has 17 heavy (non-hydrogen) atoms. The van der Waals surface area contributed by atoms with Crippen molar-refractivity contribution in [1.29, 1.82) is 0 Å². The standard InChI is InChI=1S/C12H20ClN3O/c1-9-11(12(13)16(2)15-9)8-14-6-5-10-4-3-7-17-10/h10,14H,3-8H2,1-2H3/t10-/m1/s1. The van der Waals surface area contributed by atoms with E-state index in [-0.39, 0.29) is 0 Å². The third-order valence-electron chi connectivity index (χ3n) is 3.24. The van der Waals surface area contributed by atoms with Crippen molar-refractivity contribution in [2.45, 2.75) is 38.8 Å². The van der Waals surface area contributed by atoms with Gasteiger partial charge < -0.3 is 10.1 Å². The number of aryl methyl sites for hydroxylation is 2. The number of hydrogen-bond acceptors (Lipinski definition) is 3. The molecule has 1 aliphatic heterocycles. The van der Waals surface area contributed by atoms with E-state index in [1.165, 1.54) is 12.8 Å². The predicted octanol–water partition coefficient (Wildman–Crippen LogP) is 2.04. The van der Waals surface area contributed by atoms with Gasteiger partial charge in [0.1, 0.15) is 5.15 Å². The fourth-order valence-corrected chi connectivity index (χ4v) is 2.46. The molecule has 0 saturated carbocycles. The number of halogens is 1. The van der Waals surface area contributed by atoms with E-state index in [0.29, 0.717) is 6.10 Å². The summed E-state index contributed by atoms with van der Waals surface area (Å²) in [6.45, 7) is 4.67. The van der Waals surface area contributed by atoms with Gasteiger partial charge >= 0.3 is 0 Å². The van der Waals surface area contributed by atoms with Crippen LogP contribution in [0.1, 0.15) is 30.5 Å². The fourth-order valence-electron chi connectivity index (χ4n) is 2.22. The molecule has 2 heterocycles. The molecule has 1 atom stereocenters. The molecule has 0 radical (unpaired) electrons. The smallest absolute Gasteiger partial charge is 0.131 e. The van der Waals surface area contributed by atoms with Crippen molar-refractivity contribution in [1.82, 2.24) is 15.1 Å². The molecule has 96 valence electrons. The molecule has 0 amide bonds. The first-order chi connectivity index (χ1) is 8.18. The van der Waals surface area contributed by atoms with Gasteiger partial charge in [-0.1, -0.05) is 11.6 Å². The lowest BCUT2D eigenvalue weighted by Gasteiger charge is -2.09. The molecule has 1 saturated heterocycles. The van der Waals surface area contributed by atoms with Crippen molar-refractivity contribution in [3.8, 4) is 0 Å². The summed E-state index contributed by atoms with van der Waals surface area (Å²) >= 11 is 6.16. The van der Waals surface area contributed by atoms with Gasteiger partial charge in [0.2, 0.25) is 0 Å². The van der Waals surface area contributed by atoms with Crippen LogP contribution in [0.4, 0.5) is 0 Å². The van der Waals surface area contributed by atoms with E-state index in [4.69, 9.17) is 16.3 Å². The van der Waals surface area contributed by atoms with Crippen molar-refractivity contribution in [2.75, 3.05) is 13.2 Å². The van der Waals surface area contributed by atoms with Crippen LogP contribution in [0.25, 0.3) is 0 Å². The third kappa shape index (κ3) is 3.21. The molecule has 1 aliphatic rings. The second kappa shape index (κ2) is 5.85. The van der Waals surface area contributed by atoms with Crippen LogP contribution < -0.4 is 5.32 Å². The van der Waals surface area contributed by atoms with Crippen molar-refractivity contribution < 1.29 is 4.74 Å². The molecule has 1 aromatic heterocycles. The van der Waals surface area contributed by atoms with Crippen molar-refractivity contribution in [2.24, 2.45) is 7.05 Å². The number of nitrogens with one attached hydrogen (secondary N) is 1. The van der Waals surface area contributed by atoms with E-state index in [9.17, 15) is 0 Å². The molecule has 1 aromatic rings. The van der Waals surface area contributed by atoms with Gasteiger partial charge in [-0.2, -0.15) is 5.10 Å². The summed E-state index contributed by atoms with van der Waals surface area (Å²) in [5.41, 5.74) is 2.10. The molecule has 0 aliphatic carbocycles. The van der Waals surface area contributed by atoms with Crippen molar-refractivity contribution in [3.63, 3.8) is 0 Å². The third-order valence-corrected chi connectivity index (χ3v) is 3.71. The Bertz CT molecular complexity index is 372. The average molecular weight is 258 g/mol. The van der Waals surface area contributed by atoms with Crippen LogP contribution >= 0.6 is 11.6 Å². The van der Waals surface area contributed by atoms with E-state index in [1.807, 2.05) is 14.0 Å². The SMILES string of the molecule is Cc1nn(C)c(Cl)c1CNCC[C@H]1CCCO1. The summed E-state index contributed by atoms with van der Waals surface area (Å²) in [6, 6.07) is 0. The molecular weight excluding hydrogens is 238 g/mol. The lowest BCUT2D eigenvalue weighted by atomic mass is 10.2. The highest BCUT2D eigenvalue weighted by Gasteiger charge is 2.15. The molecule has 5 heteroatoms. The summed E-state index contributed by atoms with van der Waals surface area (Å²) in [6.07, 6.45) is 3.94. The summed E-state index contributed by atoms with van der Waals surface area (Å²) in [4.78, 5) is 0. The average Bonchev–Trinajstić information content (AvgIpc) is 2.87. The highest BCUT2D eigenvalue weighted by molar-refractivity contribution is 6.30. The Kier molecular flexibility index (Phi) is 4.42. The first-order valence-electron chi connectivity index (χ1n) is 6.18. The van der Waals surface area contributed by atoms with Gasteiger partial charge in [-0.05, 0) is 32.7 Å². The minimum Gasteiger partial charge on any atom is -0.378 e. The lowest BCUT2D eigenvalue weighted by Crippen LogP contribution is -2.20. The van der Waals surface area contributed by atoms with Gasteiger partial charge in [0.05, 0.1) is 11.8 Å². The Morgan fingerprint density at radius 1 is 1.59 bits per heavy atom. The normalized spacial score (nSPS) is 20.1. The molecule has 1 N–H and O–H groups in total. The molecule has 1 fully saturated rings. The van der Waals surface area contributed by atoms with Crippen LogP contribution in [0.2, 0.25) is 5.15 Å². The van der Waals surface area contributed by atoms with E-state index in [0.717, 1.165) is 42.5 Å². The topological polar surface area (TPSA) is 39.1 Å². The molecule has 0 aromatic carbocycles. The fraction of sp³-hybridized carbons (Fsp3) is 0.750. The van der Waals surface area contributed by atoms with Gasteiger partial charge in [0, 0.05) is 25.8 Å². The molecule has 4 nitrogen and oxygen atoms in total. The lowest BCUT2D eigenvalue weighted by molar-refractivity contribution is 0.104. The number of aromatic nitrogens is 2. The first kappa shape index (κ1) is 12.9. The second-order valence-electron chi connectivity index (χ2n) is 4.58. The van der Waals surface area contributed by atoms with Crippen molar-refractivity contribution in [3.05, 3.63) is 16.4 Å². The van der Waals surface area contributed by atoms with Crippen LogP contribution in [-0.4, -0.2) is 29.0 Å². The molecule has 0 unspecified atom stereocenters. The van der Waals surface area contributed by atoms with Gasteiger partial charge in [-0.15, -0.1) is 0 Å². The highest BCUT2D eigenvalue weighted by Crippen LogP contribution is 2.18. The summed E-state index contributed by atoms with van der Waals surface area (Å²) < 4.78 is 7.29. The molecule has 0 spiro atoms. The maximum Gasteiger partial charge on any atom is 0.131 e. The summed E-state index contributed by atoms with van der Waals surface area (Å²) in [7, 11) is 1.87. The van der Waals surface area contributed by atoms with E-state index in [2.05, 4.69) is 10.4 Å². The van der Waals surface area contributed by atoms with Crippen LogP contribution in [0, 0.1) is 6.92 Å². The predicted molar refractivity (Wildman–Crippen MR) is 68.3 cm³/mol. The van der Waals surface area contributed by atoms with Crippen LogP contribution in [0.5, 0.6) is 0 Å². The summed E-state index contributed by atoms with van der Waals surface area (Å²) in [5, 5.41) is 8.42. The Morgan fingerprint density at radius 3 is 3.00 bits per heavy atom. The Balaban J connectivity index is 1.74. The van der Waals surface area contributed by atoms with Crippen LogP contribution in [0.15, 0.2) is 0 Å². The molecule has 0 bridgehead atoms. The second-order valence-corrected chi connectivity index (χ2v) is 4.94. The van der Waals surface area contributed by atoms with E-state index >= 15 is 0 Å². The Labute approximate surface area is 107 Å². The minimum atomic E-state index is 0.452. The highest BCUT2D eigenvalue weighted by atomic mass is 35.5. The van der Waals surface area contributed by atoms with Crippen LogP contribution in [0.3, 0.4) is 0 Å². The van der Waals surface area contributed by atoms with Gasteiger partial charge in [-0.25, -0.2) is 0 Å². The van der Waals surface area contributed by atoms with E-state index < -0.39 is 0 Å². The maximum atomic E-state index is 6.16. The monoisotopic (exact) mass is 257 g/mol.